The Balaban J connectivity index is 1.65. The minimum atomic E-state index is 0.644. The molecule has 96 valence electrons. The molecule has 5 heteroatoms. The molecule has 0 saturated heterocycles. The standard InChI is InChI=1S/C14H14N4O/c1-10-16-14(19-18-10)8-9-15-13-7-6-11-4-2-3-5-12(11)17-13/h2-7H,8-9H2,1H3,(H,15,17). The largest absolute Gasteiger partial charge is 0.370 e. The highest BCUT2D eigenvalue weighted by atomic mass is 16.5. The number of anilines is 1. The second kappa shape index (κ2) is 5.06. The Morgan fingerprint density at radius 3 is 2.84 bits per heavy atom. The van der Waals surface area contributed by atoms with Crippen LogP contribution in [0.2, 0.25) is 0 Å². The van der Waals surface area contributed by atoms with Gasteiger partial charge in [0.05, 0.1) is 5.52 Å². The summed E-state index contributed by atoms with van der Waals surface area (Å²) >= 11 is 0. The molecular weight excluding hydrogens is 240 g/mol. The van der Waals surface area contributed by atoms with Gasteiger partial charge >= 0.3 is 0 Å². The smallest absolute Gasteiger partial charge is 0.228 e. The minimum Gasteiger partial charge on any atom is -0.370 e. The van der Waals surface area contributed by atoms with Crippen molar-refractivity contribution >= 4 is 16.7 Å². The molecule has 2 aromatic heterocycles. The molecule has 0 bridgehead atoms. The van der Waals surface area contributed by atoms with Gasteiger partial charge in [0.1, 0.15) is 5.82 Å². The molecule has 0 aliphatic carbocycles. The van der Waals surface area contributed by atoms with Gasteiger partial charge in [0.15, 0.2) is 5.82 Å². The lowest BCUT2D eigenvalue weighted by atomic mass is 10.2. The van der Waals surface area contributed by atoms with Crippen molar-refractivity contribution in [2.24, 2.45) is 0 Å². The van der Waals surface area contributed by atoms with Crippen LogP contribution in [0.25, 0.3) is 10.9 Å². The van der Waals surface area contributed by atoms with Crippen LogP contribution in [0.1, 0.15) is 11.7 Å². The van der Waals surface area contributed by atoms with Gasteiger partial charge in [-0.05, 0) is 25.1 Å². The van der Waals surface area contributed by atoms with Crippen LogP contribution in [0.15, 0.2) is 40.9 Å². The average molecular weight is 254 g/mol. The van der Waals surface area contributed by atoms with Crippen LogP contribution in [0.4, 0.5) is 5.82 Å². The molecule has 1 aromatic carbocycles. The average Bonchev–Trinajstić information content (AvgIpc) is 2.84. The lowest BCUT2D eigenvalue weighted by Gasteiger charge is -2.04. The predicted molar refractivity (Wildman–Crippen MR) is 73.0 cm³/mol. The number of rotatable bonds is 4. The summed E-state index contributed by atoms with van der Waals surface area (Å²) in [4.78, 5) is 8.69. The summed E-state index contributed by atoms with van der Waals surface area (Å²) in [6.07, 6.45) is 0.690. The normalized spacial score (nSPS) is 10.8. The predicted octanol–water partition coefficient (Wildman–Crippen LogP) is 2.58. The van der Waals surface area contributed by atoms with Crippen molar-refractivity contribution in [1.82, 2.24) is 15.1 Å². The van der Waals surface area contributed by atoms with Crippen LogP contribution >= 0.6 is 0 Å². The highest BCUT2D eigenvalue weighted by Crippen LogP contribution is 2.14. The van der Waals surface area contributed by atoms with Crippen LogP contribution in [-0.4, -0.2) is 21.7 Å². The highest BCUT2D eigenvalue weighted by molar-refractivity contribution is 5.79. The Bertz CT molecular complexity index is 692. The molecule has 0 atom stereocenters. The number of pyridine rings is 1. The third kappa shape index (κ3) is 2.70. The molecule has 0 unspecified atom stereocenters. The van der Waals surface area contributed by atoms with Gasteiger partial charge in [0, 0.05) is 18.4 Å². The summed E-state index contributed by atoms with van der Waals surface area (Å²) in [6, 6.07) is 12.1. The first-order valence-electron chi connectivity index (χ1n) is 6.20. The first-order chi connectivity index (χ1) is 9.31. The van der Waals surface area contributed by atoms with Gasteiger partial charge in [0.2, 0.25) is 5.89 Å². The maximum atomic E-state index is 5.05. The van der Waals surface area contributed by atoms with E-state index in [1.165, 1.54) is 0 Å². The number of nitrogens with one attached hydrogen (secondary N) is 1. The van der Waals surface area contributed by atoms with Crippen LogP contribution < -0.4 is 5.32 Å². The number of benzene rings is 1. The summed E-state index contributed by atoms with van der Waals surface area (Å²) in [5.74, 6) is 2.17. The lowest BCUT2D eigenvalue weighted by molar-refractivity contribution is 0.377. The lowest BCUT2D eigenvalue weighted by Crippen LogP contribution is -2.06. The van der Waals surface area contributed by atoms with Crippen LogP contribution in [0.3, 0.4) is 0 Å². The zero-order chi connectivity index (χ0) is 13.1. The van der Waals surface area contributed by atoms with Gasteiger partial charge in [-0.1, -0.05) is 23.4 Å². The van der Waals surface area contributed by atoms with E-state index in [4.69, 9.17) is 4.52 Å². The van der Waals surface area contributed by atoms with Crippen LogP contribution in [0, 0.1) is 6.92 Å². The molecule has 0 aliphatic heterocycles. The first kappa shape index (κ1) is 11.6. The molecule has 3 aromatic rings. The summed E-state index contributed by atoms with van der Waals surface area (Å²) < 4.78 is 5.05. The Morgan fingerprint density at radius 2 is 2.00 bits per heavy atom. The van der Waals surface area contributed by atoms with E-state index in [2.05, 4.69) is 26.5 Å². The second-order valence-electron chi connectivity index (χ2n) is 4.30. The van der Waals surface area contributed by atoms with Crippen molar-refractivity contribution in [3.8, 4) is 0 Å². The SMILES string of the molecule is Cc1noc(CCNc2ccc3ccccc3n2)n1. The van der Waals surface area contributed by atoms with Gasteiger partial charge < -0.3 is 9.84 Å². The van der Waals surface area contributed by atoms with Crippen molar-refractivity contribution in [2.45, 2.75) is 13.3 Å². The second-order valence-corrected chi connectivity index (χ2v) is 4.30. The van der Waals surface area contributed by atoms with Gasteiger partial charge in [-0.25, -0.2) is 4.98 Å². The van der Waals surface area contributed by atoms with Crippen molar-refractivity contribution in [3.63, 3.8) is 0 Å². The van der Waals surface area contributed by atoms with E-state index >= 15 is 0 Å². The fourth-order valence-corrected chi connectivity index (χ4v) is 1.90. The molecule has 0 amide bonds. The van der Waals surface area contributed by atoms with Crippen molar-refractivity contribution in [3.05, 3.63) is 48.1 Å². The third-order valence-electron chi connectivity index (χ3n) is 2.81. The van der Waals surface area contributed by atoms with Crippen LogP contribution in [-0.2, 0) is 6.42 Å². The molecule has 19 heavy (non-hydrogen) atoms. The Morgan fingerprint density at radius 1 is 1.11 bits per heavy atom. The summed E-state index contributed by atoms with van der Waals surface area (Å²) in [5, 5.41) is 8.15. The summed E-state index contributed by atoms with van der Waals surface area (Å²) in [6.45, 7) is 2.53. The first-order valence-corrected chi connectivity index (χ1v) is 6.20. The molecular formula is C14H14N4O. The van der Waals surface area contributed by atoms with E-state index in [0.717, 1.165) is 16.7 Å². The monoisotopic (exact) mass is 254 g/mol. The number of hydrogen-bond acceptors (Lipinski definition) is 5. The number of nitrogens with zero attached hydrogens (tertiary/aromatic N) is 3. The summed E-state index contributed by atoms with van der Waals surface area (Å²) in [7, 11) is 0. The van der Waals surface area contributed by atoms with Gasteiger partial charge in [-0.3, -0.25) is 0 Å². The highest BCUT2D eigenvalue weighted by Gasteiger charge is 2.02. The Hall–Kier alpha value is -2.43. The zero-order valence-electron chi connectivity index (χ0n) is 10.6. The quantitative estimate of drug-likeness (QED) is 0.775. The fourth-order valence-electron chi connectivity index (χ4n) is 1.90. The van der Waals surface area contributed by atoms with E-state index in [-0.39, 0.29) is 0 Å². The Labute approximate surface area is 110 Å². The van der Waals surface area contributed by atoms with E-state index in [0.29, 0.717) is 24.7 Å². The minimum absolute atomic E-state index is 0.644. The van der Waals surface area contributed by atoms with E-state index < -0.39 is 0 Å². The molecule has 0 aliphatic rings. The Kier molecular flexibility index (Phi) is 3.10. The molecule has 0 spiro atoms. The van der Waals surface area contributed by atoms with Crippen molar-refractivity contribution in [1.29, 1.82) is 0 Å². The molecule has 0 radical (unpaired) electrons. The molecule has 2 heterocycles. The third-order valence-corrected chi connectivity index (χ3v) is 2.81. The molecule has 3 rings (SSSR count). The molecule has 5 nitrogen and oxygen atoms in total. The maximum absolute atomic E-state index is 5.05. The number of para-hydroxylation sites is 1. The van der Waals surface area contributed by atoms with E-state index in [9.17, 15) is 0 Å². The van der Waals surface area contributed by atoms with Crippen molar-refractivity contribution in [2.75, 3.05) is 11.9 Å². The van der Waals surface area contributed by atoms with Gasteiger partial charge in [0.25, 0.3) is 0 Å². The van der Waals surface area contributed by atoms with E-state index in [1.807, 2.05) is 37.3 Å². The number of fused-ring (bicyclic) bond motifs is 1. The topological polar surface area (TPSA) is 63.8 Å². The van der Waals surface area contributed by atoms with Gasteiger partial charge in [-0.2, -0.15) is 4.98 Å². The molecule has 1 N–H and O–H groups in total. The van der Waals surface area contributed by atoms with Crippen LogP contribution in [0.5, 0.6) is 0 Å². The van der Waals surface area contributed by atoms with E-state index in [1.54, 1.807) is 0 Å². The number of aromatic nitrogens is 3. The zero-order valence-corrected chi connectivity index (χ0v) is 10.6. The summed E-state index contributed by atoms with van der Waals surface area (Å²) in [5.41, 5.74) is 0.987. The number of aryl methyl sites for hydroxylation is 1. The molecule has 0 fully saturated rings. The van der Waals surface area contributed by atoms with Crippen molar-refractivity contribution < 1.29 is 4.52 Å². The van der Waals surface area contributed by atoms with Gasteiger partial charge in [-0.15, -0.1) is 0 Å². The fraction of sp³-hybridized carbons (Fsp3) is 0.214. The maximum Gasteiger partial charge on any atom is 0.228 e. The molecule has 0 saturated carbocycles. The number of hydrogen-bond donors (Lipinski definition) is 1.